The fraction of sp³-hybridized carbons (Fsp3) is 0.188. The topological polar surface area (TPSA) is 0 Å². The molecular weight excluding hydrogens is 223 g/mol. The lowest BCUT2D eigenvalue weighted by atomic mass is 10.2. The van der Waals surface area contributed by atoms with Crippen LogP contribution in [0.15, 0.2) is 60.7 Å². The summed E-state index contributed by atoms with van der Waals surface area (Å²) in [6.45, 7) is 1.20. The normalized spacial score (nSPS) is 11.4. The lowest BCUT2D eigenvalue weighted by Crippen LogP contribution is -1.92. The highest BCUT2D eigenvalue weighted by molar-refractivity contribution is 7.71. The Kier molecular flexibility index (Phi) is 3.86. The maximum absolute atomic E-state index is 4.47. The van der Waals surface area contributed by atoms with Gasteiger partial charge in [0, 0.05) is 0 Å². The molecule has 0 unspecified atom stereocenters. The van der Waals surface area contributed by atoms with Gasteiger partial charge in [0.15, 0.2) is 0 Å². The Hall–Kier alpha value is -1.26. The molecule has 0 aliphatic carbocycles. The molecule has 0 aliphatic heterocycles. The molecule has 0 nitrogen and oxygen atoms in total. The summed E-state index contributed by atoms with van der Waals surface area (Å²) < 4.78 is 0. The van der Waals surface area contributed by atoms with Gasteiger partial charge in [0.25, 0.3) is 0 Å². The van der Waals surface area contributed by atoms with Crippen molar-refractivity contribution < 1.29 is 0 Å². The van der Waals surface area contributed by atoms with Gasteiger partial charge in [0.2, 0.25) is 0 Å². The van der Waals surface area contributed by atoms with E-state index in [0.29, 0.717) is 0 Å². The van der Waals surface area contributed by atoms with Crippen LogP contribution in [0, 0.1) is 0 Å². The third-order valence-electron chi connectivity index (χ3n) is 2.81. The first-order valence-corrected chi connectivity index (χ1v) is 8.72. The van der Waals surface area contributed by atoms with Crippen LogP contribution in [0.4, 0.5) is 0 Å². The summed E-state index contributed by atoms with van der Waals surface area (Å²) in [7, 11) is 0. The molecule has 0 N–H and O–H groups in total. The van der Waals surface area contributed by atoms with E-state index in [2.05, 4.69) is 73.6 Å². The van der Waals surface area contributed by atoms with Gasteiger partial charge in [-0.1, -0.05) is 60.7 Å². The zero-order valence-electron chi connectivity index (χ0n) is 10.3. The lowest BCUT2D eigenvalue weighted by Gasteiger charge is -2.19. The molecule has 2 aromatic carbocycles. The molecule has 0 spiro atoms. The number of rotatable bonds is 4. The second-order valence-electron chi connectivity index (χ2n) is 4.91. The molecule has 17 heavy (non-hydrogen) atoms. The Balaban J connectivity index is 2.07. The van der Waals surface area contributed by atoms with Crippen LogP contribution in [0.3, 0.4) is 0 Å². The van der Waals surface area contributed by atoms with Crippen LogP contribution in [0.5, 0.6) is 0 Å². The standard InChI is InChI=1S/C16H19P/c1-17(2,13-15-9-5-3-6-10-15)14-16-11-7-4-8-12-16/h3-12H,1,13-14H2,2H3. The molecule has 0 aromatic heterocycles. The van der Waals surface area contributed by atoms with Crippen LogP contribution in [0.25, 0.3) is 0 Å². The SMILES string of the molecule is C=P(C)(Cc1ccccc1)Cc1ccccc1. The summed E-state index contributed by atoms with van der Waals surface area (Å²) in [5.41, 5.74) is 2.82. The van der Waals surface area contributed by atoms with Crippen LogP contribution in [0.1, 0.15) is 11.1 Å². The first-order valence-electron chi connectivity index (χ1n) is 5.92. The second-order valence-corrected chi connectivity index (χ2v) is 8.78. The summed E-state index contributed by atoms with van der Waals surface area (Å²) in [5, 5.41) is 0. The largest absolute Gasteiger partial charge is 0.106 e. The summed E-state index contributed by atoms with van der Waals surface area (Å²) in [6, 6.07) is 21.4. The Morgan fingerprint density at radius 2 is 1.12 bits per heavy atom. The van der Waals surface area contributed by atoms with Crippen LogP contribution in [-0.4, -0.2) is 13.0 Å². The molecule has 88 valence electrons. The van der Waals surface area contributed by atoms with Gasteiger partial charge in [-0.3, -0.25) is 0 Å². The summed E-state index contributed by atoms with van der Waals surface area (Å²) in [5.74, 6) is 0. The van der Waals surface area contributed by atoms with E-state index in [1.54, 1.807) is 0 Å². The first-order chi connectivity index (χ1) is 8.16. The minimum atomic E-state index is -1.14. The zero-order chi connectivity index (χ0) is 12.1. The molecule has 2 rings (SSSR count). The Bertz CT molecular complexity index is 454. The predicted octanol–water partition coefficient (Wildman–Crippen LogP) is 4.47. The molecule has 0 heterocycles. The van der Waals surface area contributed by atoms with Crippen molar-refractivity contribution in [3.05, 3.63) is 71.8 Å². The highest BCUT2D eigenvalue weighted by Gasteiger charge is 2.09. The van der Waals surface area contributed by atoms with Crippen molar-refractivity contribution in [3.8, 4) is 0 Å². The van der Waals surface area contributed by atoms with Gasteiger partial charge in [0.1, 0.15) is 0 Å². The molecule has 0 radical (unpaired) electrons. The molecule has 0 amide bonds. The average Bonchev–Trinajstić information content (AvgIpc) is 2.30. The molecule has 0 bridgehead atoms. The fourth-order valence-electron chi connectivity index (χ4n) is 2.10. The summed E-state index contributed by atoms with van der Waals surface area (Å²) in [4.78, 5) is 0. The van der Waals surface area contributed by atoms with Gasteiger partial charge in [0.05, 0.1) is 0 Å². The minimum absolute atomic E-state index is 1.13. The fourth-order valence-corrected chi connectivity index (χ4v) is 4.40. The van der Waals surface area contributed by atoms with Crippen molar-refractivity contribution in [2.45, 2.75) is 12.3 Å². The van der Waals surface area contributed by atoms with Crippen molar-refractivity contribution in [2.75, 3.05) is 6.66 Å². The van der Waals surface area contributed by atoms with Gasteiger partial charge < -0.3 is 0 Å². The third kappa shape index (κ3) is 3.91. The Morgan fingerprint density at radius 1 is 0.765 bits per heavy atom. The van der Waals surface area contributed by atoms with Crippen LogP contribution in [-0.2, 0) is 12.3 Å². The van der Waals surface area contributed by atoms with Crippen molar-refractivity contribution in [1.82, 2.24) is 0 Å². The van der Waals surface area contributed by atoms with E-state index in [4.69, 9.17) is 0 Å². The maximum Gasteiger partial charge on any atom is -0.00789 e. The predicted molar refractivity (Wildman–Crippen MR) is 80.3 cm³/mol. The van der Waals surface area contributed by atoms with E-state index in [1.807, 2.05) is 0 Å². The highest BCUT2D eigenvalue weighted by Crippen LogP contribution is 2.47. The summed E-state index contributed by atoms with van der Waals surface area (Å²) in [6.07, 6.45) is 6.73. The average molecular weight is 242 g/mol. The Labute approximate surface area is 104 Å². The van der Waals surface area contributed by atoms with E-state index in [0.717, 1.165) is 12.3 Å². The number of hydrogen-bond acceptors (Lipinski definition) is 0. The Morgan fingerprint density at radius 3 is 1.47 bits per heavy atom. The first kappa shape index (κ1) is 12.2. The third-order valence-corrected chi connectivity index (χ3v) is 5.07. The minimum Gasteiger partial charge on any atom is -0.106 e. The molecule has 0 atom stereocenters. The van der Waals surface area contributed by atoms with Crippen molar-refractivity contribution in [3.63, 3.8) is 0 Å². The van der Waals surface area contributed by atoms with E-state index < -0.39 is 6.89 Å². The monoisotopic (exact) mass is 242 g/mol. The molecule has 1 heteroatoms. The van der Waals surface area contributed by atoms with Gasteiger partial charge in [-0.15, -0.1) is 13.2 Å². The van der Waals surface area contributed by atoms with E-state index in [-0.39, 0.29) is 0 Å². The van der Waals surface area contributed by atoms with Crippen LogP contribution >= 0.6 is 6.89 Å². The van der Waals surface area contributed by atoms with Crippen molar-refractivity contribution >= 4 is 13.2 Å². The smallest absolute Gasteiger partial charge is 0.00789 e. The van der Waals surface area contributed by atoms with Gasteiger partial charge >= 0.3 is 0 Å². The molecular formula is C16H19P. The number of hydrogen-bond donors (Lipinski definition) is 0. The molecule has 0 fully saturated rings. The highest BCUT2D eigenvalue weighted by atomic mass is 31.2. The van der Waals surface area contributed by atoms with Gasteiger partial charge in [-0.25, -0.2) is 0 Å². The molecule has 2 aromatic rings. The maximum atomic E-state index is 4.47. The van der Waals surface area contributed by atoms with Crippen LogP contribution < -0.4 is 0 Å². The van der Waals surface area contributed by atoms with Crippen molar-refractivity contribution in [1.29, 1.82) is 0 Å². The molecule has 0 saturated carbocycles. The summed E-state index contributed by atoms with van der Waals surface area (Å²) >= 11 is 0. The van der Waals surface area contributed by atoms with Gasteiger partial charge in [-0.2, -0.15) is 0 Å². The van der Waals surface area contributed by atoms with E-state index in [1.165, 1.54) is 11.1 Å². The zero-order valence-corrected chi connectivity index (χ0v) is 11.2. The van der Waals surface area contributed by atoms with Crippen molar-refractivity contribution in [2.24, 2.45) is 0 Å². The molecule has 0 aliphatic rings. The van der Waals surface area contributed by atoms with E-state index in [9.17, 15) is 0 Å². The van der Waals surface area contributed by atoms with E-state index >= 15 is 0 Å². The molecule has 0 saturated heterocycles. The van der Waals surface area contributed by atoms with Crippen LogP contribution in [0.2, 0.25) is 0 Å². The van der Waals surface area contributed by atoms with Gasteiger partial charge in [-0.05, 0) is 30.1 Å². The number of benzene rings is 2. The second kappa shape index (κ2) is 5.38. The lowest BCUT2D eigenvalue weighted by molar-refractivity contribution is 1.32. The quantitative estimate of drug-likeness (QED) is 0.694.